The predicted molar refractivity (Wildman–Crippen MR) is 83.6 cm³/mol. The Hall–Kier alpha value is -2.15. The molecule has 7 nitrogen and oxygen atoms in total. The van der Waals surface area contributed by atoms with Gasteiger partial charge in [0.05, 0.1) is 11.4 Å². The molecule has 0 aromatic carbocycles. The molecule has 1 aliphatic heterocycles. The molecule has 0 bridgehead atoms. The first-order valence-corrected chi connectivity index (χ1v) is 7.64. The number of hydrogen-bond acceptors (Lipinski definition) is 4. The fraction of sp³-hybridized carbons (Fsp3) is 0.533. The number of nitrogens with one attached hydrogen (secondary N) is 3. The average molecular weight is 302 g/mol. The van der Waals surface area contributed by atoms with E-state index in [0.717, 1.165) is 35.6 Å². The highest BCUT2D eigenvalue weighted by atomic mass is 16.1. The zero-order valence-corrected chi connectivity index (χ0v) is 13.2. The highest BCUT2D eigenvalue weighted by Crippen LogP contribution is 2.25. The van der Waals surface area contributed by atoms with Crippen LogP contribution in [-0.2, 0) is 7.05 Å². The van der Waals surface area contributed by atoms with Gasteiger partial charge in [-0.15, -0.1) is 0 Å². The molecule has 1 amide bonds. The van der Waals surface area contributed by atoms with Crippen molar-refractivity contribution in [3.8, 4) is 11.3 Å². The van der Waals surface area contributed by atoms with Crippen molar-refractivity contribution in [1.82, 2.24) is 30.6 Å². The van der Waals surface area contributed by atoms with Crippen molar-refractivity contribution in [1.29, 1.82) is 0 Å². The van der Waals surface area contributed by atoms with Crippen LogP contribution < -0.4 is 10.6 Å². The second-order valence-corrected chi connectivity index (χ2v) is 5.84. The normalized spacial score (nSPS) is 17.9. The van der Waals surface area contributed by atoms with Gasteiger partial charge in [-0.3, -0.25) is 14.6 Å². The predicted octanol–water partition coefficient (Wildman–Crippen LogP) is 0.909. The van der Waals surface area contributed by atoms with Crippen LogP contribution in [0.2, 0.25) is 0 Å². The number of carbonyl (C=O) groups is 1. The average Bonchev–Trinajstić information content (AvgIpc) is 3.19. The van der Waals surface area contributed by atoms with E-state index in [2.05, 4.69) is 25.9 Å². The van der Waals surface area contributed by atoms with Crippen molar-refractivity contribution in [2.24, 2.45) is 7.05 Å². The molecule has 3 heterocycles. The number of amides is 1. The van der Waals surface area contributed by atoms with Crippen LogP contribution in [0, 0.1) is 13.8 Å². The van der Waals surface area contributed by atoms with E-state index >= 15 is 0 Å². The van der Waals surface area contributed by atoms with Crippen LogP contribution in [-0.4, -0.2) is 45.0 Å². The van der Waals surface area contributed by atoms with E-state index in [9.17, 15) is 4.79 Å². The van der Waals surface area contributed by atoms with Crippen molar-refractivity contribution >= 4 is 5.91 Å². The van der Waals surface area contributed by atoms with Crippen LogP contribution >= 0.6 is 0 Å². The molecule has 1 aliphatic rings. The van der Waals surface area contributed by atoms with Crippen molar-refractivity contribution in [2.45, 2.75) is 32.7 Å². The molecule has 2 aromatic rings. The summed E-state index contributed by atoms with van der Waals surface area (Å²) in [7, 11) is 1.90. The van der Waals surface area contributed by atoms with Gasteiger partial charge in [0.2, 0.25) is 0 Å². The molecule has 1 fully saturated rings. The molecule has 0 radical (unpaired) electrons. The third-order valence-electron chi connectivity index (χ3n) is 4.26. The van der Waals surface area contributed by atoms with E-state index < -0.39 is 0 Å². The maximum Gasteiger partial charge on any atom is 0.269 e. The highest BCUT2D eigenvalue weighted by Gasteiger charge is 2.19. The molecule has 7 heteroatoms. The number of aromatic nitrogens is 4. The fourth-order valence-electron chi connectivity index (χ4n) is 2.95. The molecule has 1 unspecified atom stereocenters. The van der Waals surface area contributed by atoms with Gasteiger partial charge in [-0.05, 0) is 39.3 Å². The zero-order chi connectivity index (χ0) is 15.7. The van der Waals surface area contributed by atoms with Gasteiger partial charge in [0.1, 0.15) is 5.69 Å². The Morgan fingerprint density at radius 3 is 2.95 bits per heavy atom. The summed E-state index contributed by atoms with van der Waals surface area (Å²) in [6, 6.07) is 2.17. The number of aromatic amines is 1. The minimum absolute atomic E-state index is 0.119. The van der Waals surface area contributed by atoms with E-state index in [0.29, 0.717) is 18.3 Å². The first kappa shape index (κ1) is 14.8. The van der Waals surface area contributed by atoms with E-state index in [1.165, 1.54) is 6.42 Å². The monoisotopic (exact) mass is 302 g/mol. The summed E-state index contributed by atoms with van der Waals surface area (Å²) in [5, 5.41) is 17.8. The Morgan fingerprint density at radius 1 is 1.50 bits per heavy atom. The smallest absolute Gasteiger partial charge is 0.269 e. The lowest BCUT2D eigenvalue weighted by atomic mass is 10.1. The largest absolute Gasteiger partial charge is 0.349 e. The van der Waals surface area contributed by atoms with E-state index in [-0.39, 0.29) is 5.91 Å². The first-order chi connectivity index (χ1) is 10.6. The van der Waals surface area contributed by atoms with Gasteiger partial charge in [-0.25, -0.2) is 0 Å². The van der Waals surface area contributed by atoms with Gasteiger partial charge < -0.3 is 10.6 Å². The summed E-state index contributed by atoms with van der Waals surface area (Å²) in [5.41, 5.74) is 4.16. The lowest BCUT2D eigenvalue weighted by Crippen LogP contribution is -2.37. The summed E-state index contributed by atoms with van der Waals surface area (Å²) in [6.45, 7) is 5.63. The number of H-pyrrole nitrogens is 1. The zero-order valence-electron chi connectivity index (χ0n) is 13.2. The molecule has 1 atom stereocenters. The highest BCUT2D eigenvalue weighted by molar-refractivity contribution is 5.93. The van der Waals surface area contributed by atoms with Gasteiger partial charge >= 0.3 is 0 Å². The molecular weight excluding hydrogens is 280 g/mol. The van der Waals surface area contributed by atoms with Crippen molar-refractivity contribution in [2.75, 3.05) is 13.1 Å². The summed E-state index contributed by atoms with van der Waals surface area (Å²) in [6.07, 6.45) is 2.29. The molecule has 0 saturated carbocycles. The molecule has 0 spiro atoms. The number of rotatable bonds is 4. The topological polar surface area (TPSA) is 87.6 Å². The van der Waals surface area contributed by atoms with Crippen LogP contribution in [0.3, 0.4) is 0 Å². The molecule has 22 heavy (non-hydrogen) atoms. The quantitative estimate of drug-likeness (QED) is 0.783. The number of carbonyl (C=O) groups excluding carboxylic acids is 1. The molecule has 2 aromatic heterocycles. The van der Waals surface area contributed by atoms with Gasteiger partial charge in [0.15, 0.2) is 0 Å². The van der Waals surface area contributed by atoms with Crippen LogP contribution in [0.5, 0.6) is 0 Å². The van der Waals surface area contributed by atoms with Gasteiger partial charge in [0, 0.05) is 30.9 Å². The number of aryl methyl sites for hydroxylation is 2. The molecule has 118 valence electrons. The molecule has 0 aliphatic carbocycles. The molecule has 1 saturated heterocycles. The van der Waals surface area contributed by atoms with Crippen molar-refractivity contribution in [3.05, 3.63) is 23.1 Å². The van der Waals surface area contributed by atoms with Crippen LogP contribution in [0.1, 0.15) is 34.7 Å². The Kier molecular flexibility index (Phi) is 3.98. The number of nitrogens with zero attached hydrogens (tertiary/aromatic N) is 3. The number of hydrogen-bond donors (Lipinski definition) is 3. The minimum atomic E-state index is -0.119. The summed E-state index contributed by atoms with van der Waals surface area (Å²) < 4.78 is 1.82. The molecular formula is C15H22N6O. The van der Waals surface area contributed by atoms with Crippen LogP contribution in [0.4, 0.5) is 0 Å². The van der Waals surface area contributed by atoms with Gasteiger partial charge in [-0.1, -0.05) is 0 Å². The molecule has 3 N–H and O–H groups in total. The second kappa shape index (κ2) is 5.92. The third kappa shape index (κ3) is 2.76. The maximum absolute atomic E-state index is 12.2. The SMILES string of the molecule is Cc1nn(C)c(C)c1-c1cc(C(=O)NCC2CCCN2)[nH]n1. The van der Waals surface area contributed by atoms with Crippen LogP contribution in [0.15, 0.2) is 6.07 Å². The standard InChI is InChI=1S/C15H22N6O/c1-9-14(10(2)21(3)20-9)12-7-13(19-18-12)15(22)17-8-11-5-4-6-16-11/h7,11,16H,4-6,8H2,1-3H3,(H,17,22)(H,18,19). The Balaban J connectivity index is 1.71. The van der Waals surface area contributed by atoms with E-state index in [1.54, 1.807) is 6.07 Å². The Bertz CT molecular complexity index is 680. The summed E-state index contributed by atoms with van der Waals surface area (Å²) in [5.74, 6) is -0.119. The van der Waals surface area contributed by atoms with E-state index in [1.807, 2.05) is 25.6 Å². The fourth-order valence-corrected chi connectivity index (χ4v) is 2.95. The summed E-state index contributed by atoms with van der Waals surface area (Å²) >= 11 is 0. The van der Waals surface area contributed by atoms with Gasteiger partial charge in [-0.2, -0.15) is 10.2 Å². The molecule has 3 rings (SSSR count). The maximum atomic E-state index is 12.2. The Labute approximate surface area is 129 Å². The van der Waals surface area contributed by atoms with Crippen molar-refractivity contribution < 1.29 is 4.79 Å². The minimum Gasteiger partial charge on any atom is -0.349 e. The van der Waals surface area contributed by atoms with Crippen molar-refractivity contribution in [3.63, 3.8) is 0 Å². The van der Waals surface area contributed by atoms with Gasteiger partial charge in [0.25, 0.3) is 5.91 Å². The lowest BCUT2D eigenvalue weighted by molar-refractivity contribution is 0.0945. The Morgan fingerprint density at radius 2 is 2.32 bits per heavy atom. The third-order valence-corrected chi connectivity index (χ3v) is 4.26. The first-order valence-electron chi connectivity index (χ1n) is 7.64. The summed E-state index contributed by atoms with van der Waals surface area (Å²) in [4.78, 5) is 12.2. The lowest BCUT2D eigenvalue weighted by Gasteiger charge is -2.10. The second-order valence-electron chi connectivity index (χ2n) is 5.84. The van der Waals surface area contributed by atoms with E-state index in [4.69, 9.17) is 0 Å². The van der Waals surface area contributed by atoms with Crippen LogP contribution in [0.25, 0.3) is 11.3 Å².